The van der Waals surface area contributed by atoms with Gasteiger partial charge in [0.25, 0.3) is 0 Å². The van der Waals surface area contributed by atoms with Crippen LogP contribution in [0.15, 0.2) is 36.9 Å². The number of likely N-dealkylation sites (tertiary alicyclic amines) is 1. The summed E-state index contributed by atoms with van der Waals surface area (Å²) in [5, 5.41) is 3.53. The summed E-state index contributed by atoms with van der Waals surface area (Å²) in [5.41, 5.74) is 1.30. The number of hydrogen-bond donors (Lipinski definition) is 1. The summed E-state index contributed by atoms with van der Waals surface area (Å²) in [6.45, 7) is 12.4. The van der Waals surface area contributed by atoms with E-state index in [1.807, 2.05) is 12.1 Å². The summed E-state index contributed by atoms with van der Waals surface area (Å²) in [4.78, 5) is 2.60. The first-order chi connectivity index (χ1) is 10.8. The minimum Gasteiger partial charge on any atom is -0.490 e. The van der Waals surface area contributed by atoms with Crippen LogP contribution >= 0.6 is 0 Å². The second-order valence-corrected chi connectivity index (χ2v) is 6.30. The van der Waals surface area contributed by atoms with Crippen LogP contribution in [0.5, 0.6) is 5.75 Å². The van der Waals surface area contributed by atoms with Gasteiger partial charge < -0.3 is 15.0 Å². The van der Waals surface area contributed by atoms with E-state index in [1.54, 1.807) is 6.08 Å². The van der Waals surface area contributed by atoms with Crippen molar-refractivity contribution < 1.29 is 4.74 Å². The highest BCUT2D eigenvalue weighted by molar-refractivity contribution is 5.27. The van der Waals surface area contributed by atoms with E-state index < -0.39 is 0 Å². The largest absolute Gasteiger partial charge is 0.490 e. The molecule has 0 unspecified atom stereocenters. The molecule has 22 heavy (non-hydrogen) atoms. The normalized spacial score (nSPS) is 16.6. The summed E-state index contributed by atoms with van der Waals surface area (Å²) in [5.74, 6) is 1.83. The Morgan fingerprint density at radius 3 is 2.68 bits per heavy atom. The third-order valence-electron chi connectivity index (χ3n) is 4.32. The van der Waals surface area contributed by atoms with Gasteiger partial charge in [-0.1, -0.05) is 31.7 Å². The van der Waals surface area contributed by atoms with Gasteiger partial charge in [0.2, 0.25) is 0 Å². The minimum absolute atomic E-state index is 0.562. The highest BCUT2D eigenvalue weighted by Crippen LogP contribution is 2.15. The van der Waals surface area contributed by atoms with Crippen LogP contribution in [0.3, 0.4) is 0 Å². The number of nitrogens with one attached hydrogen (secondary N) is 1. The number of nitrogens with zero attached hydrogens (tertiary/aromatic N) is 1. The molecule has 1 aromatic rings. The molecule has 1 fully saturated rings. The Morgan fingerprint density at radius 2 is 2.00 bits per heavy atom. The Balaban J connectivity index is 1.55. The molecule has 0 aromatic heterocycles. The maximum Gasteiger partial charge on any atom is 0.119 e. The van der Waals surface area contributed by atoms with Gasteiger partial charge in [-0.3, -0.25) is 0 Å². The van der Waals surface area contributed by atoms with Crippen LogP contribution in [-0.2, 0) is 6.54 Å². The van der Waals surface area contributed by atoms with Crippen LogP contribution in [0.25, 0.3) is 0 Å². The van der Waals surface area contributed by atoms with E-state index in [-0.39, 0.29) is 0 Å². The van der Waals surface area contributed by atoms with Crippen LogP contribution in [0.2, 0.25) is 0 Å². The molecular weight excluding hydrogens is 272 g/mol. The molecule has 2 rings (SSSR count). The molecule has 0 saturated carbocycles. The van der Waals surface area contributed by atoms with Gasteiger partial charge in [0.1, 0.15) is 12.4 Å². The third-order valence-corrected chi connectivity index (χ3v) is 4.32. The zero-order chi connectivity index (χ0) is 15.6. The molecule has 1 heterocycles. The van der Waals surface area contributed by atoms with E-state index in [0.29, 0.717) is 6.61 Å². The quantitative estimate of drug-likeness (QED) is 0.558. The number of piperidine rings is 1. The Labute approximate surface area is 135 Å². The first-order valence-corrected chi connectivity index (χ1v) is 8.53. The van der Waals surface area contributed by atoms with Gasteiger partial charge in [-0.25, -0.2) is 0 Å². The van der Waals surface area contributed by atoms with Crippen LogP contribution < -0.4 is 10.1 Å². The topological polar surface area (TPSA) is 24.5 Å². The van der Waals surface area contributed by atoms with Gasteiger partial charge in [0.15, 0.2) is 0 Å². The standard InChI is InChI=1S/C19H30N2O/c1-3-15-22-19-7-5-18(6-8-19)16-20-11-4-12-21-13-9-17(2)10-14-21/h3,5-8,17,20H,1,4,9-16H2,2H3. The molecule has 0 radical (unpaired) electrons. The van der Waals surface area contributed by atoms with Crippen molar-refractivity contribution in [2.45, 2.75) is 32.7 Å². The van der Waals surface area contributed by atoms with Crippen molar-refractivity contribution in [1.82, 2.24) is 10.2 Å². The van der Waals surface area contributed by atoms with E-state index in [1.165, 1.54) is 44.5 Å². The summed E-state index contributed by atoms with van der Waals surface area (Å²) < 4.78 is 5.48. The highest BCUT2D eigenvalue weighted by atomic mass is 16.5. The molecule has 0 amide bonds. The lowest BCUT2D eigenvalue weighted by atomic mass is 9.99. The predicted octanol–water partition coefficient (Wildman–Crippen LogP) is 3.46. The molecule has 3 nitrogen and oxygen atoms in total. The fourth-order valence-electron chi connectivity index (χ4n) is 2.80. The monoisotopic (exact) mass is 302 g/mol. The molecule has 1 aliphatic rings. The Morgan fingerprint density at radius 1 is 1.27 bits per heavy atom. The number of hydrogen-bond acceptors (Lipinski definition) is 3. The molecular formula is C19H30N2O. The van der Waals surface area contributed by atoms with E-state index >= 15 is 0 Å². The average molecular weight is 302 g/mol. The van der Waals surface area contributed by atoms with Crippen LogP contribution in [-0.4, -0.2) is 37.7 Å². The fraction of sp³-hybridized carbons (Fsp3) is 0.579. The van der Waals surface area contributed by atoms with E-state index in [9.17, 15) is 0 Å². The first kappa shape index (κ1) is 17.0. The van der Waals surface area contributed by atoms with E-state index in [0.717, 1.165) is 24.8 Å². The second-order valence-electron chi connectivity index (χ2n) is 6.30. The lowest BCUT2D eigenvalue weighted by Gasteiger charge is -2.30. The average Bonchev–Trinajstić information content (AvgIpc) is 2.55. The van der Waals surface area contributed by atoms with E-state index in [2.05, 4.69) is 35.9 Å². The van der Waals surface area contributed by atoms with Gasteiger partial charge in [0.05, 0.1) is 0 Å². The molecule has 3 heteroatoms. The van der Waals surface area contributed by atoms with Crippen molar-refractivity contribution in [1.29, 1.82) is 0 Å². The van der Waals surface area contributed by atoms with Crippen molar-refractivity contribution >= 4 is 0 Å². The molecule has 122 valence electrons. The van der Waals surface area contributed by atoms with Gasteiger partial charge >= 0.3 is 0 Å². The van der Waals surface area contributed by atoms with Gasteiger partial charge in [-0.15, -0.1) is 0 Å². The summed E-state index contributed by atoms with van der Waals surface area (Å²) in [6, 6.07) is 8.29. The van der Waals surface area contributed by atoms with Crippen molar-refractivity contribution in [3.8, 4) is 5.75 Å². The van der Waals surface area contributed by atoms with Gasteiger partial charge in [0, 0.05) is 6.54 Å². The highest BCUT2D eigenvalue weighted by Gasteiger charge is 2.14. The molecule has 1 aliphatic heterocycles. The van der Waals surface area contributed by atoms with Crippen LogP contribution in [0.4, 0.5) is 0 Å². The minimum atomic E-state index is 0.562. The number of ether oxygens (including phenoxy) is 1. The van der Waals surface area contributed by atoms with Crippen molar-refractivity contribution in [2.75, 3.05) is 32.8 Å². The first-order valence-electron chi connectivity index (χ1n) is 8.53. The Hall–Kier alpha value is -1.32. The maximum absolute atomic E-state index is 5.48. The lowest BCUT2D eigenvalue weighted by Crippen LogP contribution is -2.34. The van der Waals surface area contributed by atoms with E-state index in [4.69, 9.17) is 4.74 Å². The molecule has 1 aromatic carbocycles. The zero-order valence-electron chi connectivity index (χ0n) is 13.9. The summed E-state index contributed by atoms with van der Waals surface area (Å²) in [6.07, 6.45) is 5.73. The van der Waals surface area contributed by atoms with Crippen LogP contribution in [0.1, 0.15) is 31.7 Å². The van der Waals surface area contributed by atoms with Crippen LogP contribution in [0, 0.1) is 5.92 Å². The van der Waals surface area contributed by atoms with Crippen molar-refractivity contribution in [3.05, 3.63) is 42.5 Å². The Bertz CT molecular complexity index is 422. The molecule has 0 atom stereocenters. The fourth-order valence-corrected chi connectivity index (χ4v) is 2.80. The maximum atomic E-state index is 5.48. The van der Waals surface area contributed by atoms with Crippen molar-refractivity contribution in [3.63, 3.8) is 0 Å². The van der Waals surface area contributed by atoms with Gasteiger partial charge in [-0.2, -0.15) is 0 Å². The molecule has 0 spiro atoms. The number of rotatable bonds is 9. The lowest BCUT2D eigenvalue weighted by molar-refractivity contribution is 0.190. The summed E-state index contributed by atoms with van der Waals surface area (Å²) >= 11 is 0. The predicted molar refractivity (Wildman–Crippen MR) is 93.3 cm³/mol. The number of benzene rings is 1. The van der Waals surface area contributed by atoms with Crippen molar-refractivity contribution in [2.24, 2.45) is 5.92 Å². The Kier molecular flexibility index (Phi) is 7.47. The smallest absolute Gasteiger partial charge is 0.119 e. The van der Waals surface area contributed by atoms with Gasteiger partial charge in [-0.05, 0) is 69.1 Å². The molecule has 0 aliphatic carbocycles. The SMILES string of the molecule is C=CCOc1ccc(CNCCCN2CCC(C)CC2)cc1. The molecule has 1 saturated heterocycles. The molecule has 1 N–H and O–H groups in total. The zero-order valence-corrected chi connectivity index (χ0v) is 13.9. The molecule has 0 bridgehead atoms. The second kappa shape index (κ2) is 9.65. The summed E-state index contributed by atoms with van der Waals surface area (Å²) in [7, 11) is 0. The third kappa shape index (κ3) is 6.20.